The summed E-state index contributed by atoms with van der Waals surface area (Å²) in [5, 5.41) is 3.29. The average molecular weight is 324 g/mol. The van der Waals surface area contributed by atoms with Crippen molar-refractivity contribution in [3.63, 3.8) is 0 Å². The Labute approximate surface area is 114 Å². The van der Waals surface area contributed by atoms with E-state index in [-0.39, 0.29) is 5.54 Å². The minimum Gasteiger partial charge on any atom is -0.379 e. The van der Waals surface area contributed by atoms with Crippen molar-refractivity contribution in [2.45, 2.75) is 45.3 Å². The van der Waals surface area contributed by atoms with Gasteiger partial charge in [0.05, 0.1) is 5.56 Å². The predicted molar refractivity (Wildman–Crippen MR) is 71.8 cm³/mol. The highest BCUT2D eigenvalue weighted by atomic mass is 79.9. The fraction of sp³-hybridized carbons (Fsp3) is 0.538. The number of benzene rings is 1. The van der Waals surface area contributed by atoms with Crippen LogP contribution in [0, 0.1) is 0 Å². The second-order valence-corrected chi connectivity index (χ2v) is 5.44. The first-order chi connectivity index (χ1) is 8.22. The van der Waals surface area contributed by atoms with Crippen molar-refractivity contribution in [2.24, 2.45) is 0 Å². The Morgan fingerprint density at radius 3 is 2.11 bits per heavy atom. The van der Waals surface area contributed by atoms with E-state index >= 15 is 0 Å². The summed E-state index contributed by atoms with van der Waals surface area (Å²) in [6.45, 7) is 6.15. The fourth-order valence-corrected chi connectivity index (χ4v) is 2.02. The molecule has 0 atom stereocenters. The van der Waals surface area contributed by atoms with Gasteiger partial charge in [0.15, 0.2) is 0 Å². The van der Waals surface area contributed by atoms with Crippen LogP contribution >= 0.6 is 15.9 Å². The summed E-state index contributed by atoms with van der Waals surface area (Å²) >= 11 is 3.19. The lowest BCUT2D eigenvalue weighted by Gasteiger charge is -2.30. The van der Waals surface area contributed by atoms with Crippen LogP contribution in [0.4, 0.5) is 18.9 Å². The van der Waals surface area contributed by atoms with Gasteiger partial charge in [0.25, 0.3) is 0 Å². The van der Waals surface area contributed by atoms with Crippen LogP contribution in [-0.2, 0) is 6.18 Å². The average Bonchev–Trinajstić information content (AvgIpc) is 2.30. The lowest BCUT2D eigenvalue weighted by molar-refractivity contribution is -0.137. The van der Waals surface area contributed by atoms with E-state index in [1.807, 2.05) is 0 Å². The lowest BCUT2D eigenvalue weighted by Crippen LogP contribution is -2.33. The lowest BCUT2D eigenvalue weighted by atomic mass is 9.95. The molecule has 1 N–H and O–H groups in total. The molecule has 0 fully saturated rings. The maximum atomic E-state index is 12.5. The molecule has 0 amide bonds. The number of rotatable bonds is 4. The van der Waals surface area contributed by atoms with Gasteiger partial charge in [-0.05, 0) is 53.9 Å². The highest BCUT2D eigenvalue weighted by molar-refractivity contribution is 9.10. The number of hydrogen-bond donors (Lipinski definition) is 1. The third-order valence-corrected chi connectivity index (χ3v) is 3.95. The van der Waals surface area contributed by atoms with Crippen LogP contribution < -0.4 is 5.32 Å². The topological polar surface area (TPSA) is 12.0 Å². The van der Waals surface area contributed by atoms with E-state index in [0.717, 1.165) is 25.0 Å². The van der Waals surface area contributed by atoms with Crippen LogP contribution in [0.1, 0.15) is 39.2 Å². The van der Waals surface area contributed by atoms with Crippen molar-refractivity contribution in [1.82, 2.24) is 0 Å². The zero-order valence-corrected chi connectivity index (χ0v) is 12.2. The SMILES string of the molecule is CCC(C)(CC)Nc1ccc(C(F)(F)F)cc1Br. The normalized spacial score (nSPS) is 12.6. The quantitative estimate of drug-likeness (QED) is 0.775. The molecular formula is C13H17BrF3N. The Hall–Kier alpha value is -0.710. The van der Waals surface area contributed by atoms with Crippen LogP contribution in [0.2, 0.25) is 0 Å². The fourth-order valence-electron chi connectivity index (χ4n) is 1.54. The molecule has 102 valence electrons. The molecule has 0 aromatic heterocycles. The second kappa shape index (κ2) is 5.51. The van der Waals surface area contributed by atoms with Crippen molar-refractivity contribution >= 4 is 21.6 Å². The molecule has 0 saturated carbocycles. The standard InChI is InChI=1S/C13H17BrF3N/c1-4-12(3,5-2)18-11-7-6-9(8-10(11)14)13(15,16)17/h6-8,18H,4-5H2,1-3H3. The summed E-state index contributed by atoms with van der Waals surface area (Å²) in [5.41, 5.74) is -0.0637. The largest absolute Gasteiger partial charge is 0.416 e. The van der Waals surface area contributed by atoms with Crippen LogP contribution in [0.25, 0.3) is 0 Å². The van der Waals surface area contributed by atoms with Crippen molar-refractivity contribution < 1.29 is 13.2 Å². The Bertz CT molecular complexity index is 411. The van der Waals surface area contributed by atoms with E-state index in [0.29, 0.717) is 10.2 Å². The van der Waals surface area contributed by atoms with Gasteiger partial charge in [0.1, 0.15) is 0 Å². The second-order valence-electron chi connectivity index (χ2n) is 4.59. The molecular weight excluding hydrogens is 307 g/mol. The Morgan fingerprint density at radius 1 is 1.17 bits per heavy atom. The van der Waals surface area contributed by atoms with Crippen LogP contribution in [0.5, 0.6) is 0 Å². The summed E-state index contributed by atoms with van der Waals surface area (Å²) in [6, 6.07) is 3.67. The first-order valence-corrected chi connectivity index (χ1v) is 6.66. The van der Waals surface area contributed by atoms with Gasteiger partial charge < -0.3 is 5.32 Å². The highest BCUT2D eigenvalue weighted by Gasteiger charge is 2.31. The minimum absolute atomic E-state index is 0.109. The third-order valence-electron chi connectivity index (χ3n) is 3.29. The predicted octanol–water partition coefficient (Wildman–Crippen LogP) is 5.46. The van der Waals surface area contributed by atoms with Gasteiger partial charge in [-0.15, -0.1) is 0 Å². The van der Waals surface area contributed by atoms with Gasteiger partial charge in [-0.25, -0.2) is 0 Å². The van der Waals surface area contributed by atoms with Crippen LogP contribution in [0.15, 0.2) is 22.7 Å². The molecule has 0 unspecified atom stereocenters. The summed E-state index contributed by atoms with van der Waals surface area (Å²) in [5.74, 6) is 0. The zero-order chi connectivity index (χ0) is 14.0. The molecule has 0 aliphatic carbocycles. The molecule has 0 aliphatic heterocycles. The smallest absolute Gasteiger partial charge is 0.379 e. The Kier molecular flexibility index (Phi) is 4.70. The number of anilines is 1. The van der Waals surface area contributed by atoms with Gasteiger partial charge in [-0.3, -0.25) is 0 Å². The van der Waals surface area contributed by atoms with Gasteiger partial charge in [-0.2, -0.15) is 13.2 Å². The van der Waals surface area contributed by atoms with Gasteiger partial charge in [-0.1, -0.05) is 13.8 Å². The molecule has 0 saturated heterocycles. The molecule has 0 radical (unpaired) electrons. The van der Waals surface area contributed by atoms with E-state index < -0.39 is 11.7 Å². The molecule has 5 heteroatoms. The van der Waals surface area contributed by atoms with E-state index in [9.17, 15) is 13.2 Å². The maximum absolute atomic E-state index is 12.5. The molecule has 0 bridgehead atoms. The molecule has 0 spiro atoms. The first-order valence-electron chi connectivity index (χ1n) is 5.87. The van der Waals surface area contributed by atoms with Crippen molar-refractivity contribution in [1.29, 1.82) is 0 Å². The number of alkyl halides is 3. The number of halogens is 4. The van der Waals surface area contributed by atoms with Crippen molar-refractivity contribution in [3.8, 4) is 0 Å². The number of nitrogens with one attached hydrogen (secondary N) is 1. The van der Waals surface area contributed by atoms with E-state index in [1.54, 1.807) is 0 Å². The number of hydrogen-bond acceptors (Lipinski definition) is 1. The Balaban J connectivity index is 3.00. The Morgan fingerprint density at radius 2 is 1.72 bits per heavy atom. The minimum atomic E-state index is -4.31. The van der Waals surface area contributed by atoms with Gasteiger partial charge in [0, 0.05) is 15.7 Å². The maximum Gasteiger partial charge on any atom is 0.416 e. The third kappa shape index (κ3) is 3.64. The van der Waals surface area contributed by atoms with E-state index in [1.165, 1.54) is 6.07 Å². The summed E-state index contributed by atoms with van der Waals surface area (Å²) < 4.78 is 38.0. The molecule has 18 heavy (non-hydrogen) atoms. The molecule has 0 aliphatic rings. The van der Waals surface area contributed by atoms with E-state index in [4.69, 9.17) is 0 Å². The summed E-state index contributed by atoms with van der Waals surface area (Å²) in [6.07, 6.45) is -2.51. The highest BCUT2D eigenvalue weighted by Crippen LogP contribution is 2.35. The van der Waals surface area contributed by atoms with E-state index in [2.05, 4.69) is 42.0 Å². The van der Waals surface area contributed by atoms with Crippen molar-refractivity contribution in [3.05, 3.63) is 28.2 Å². The molecule has 1 aromatic carbocycles. The molecule has 0 heterocycles. The summed E-state index contributed by atoms with van der Waals surface area (Å²) in [7, 11) is 0. The molecule has 1 aromatic rings. The summed E-state index contributed by atoms with van der Waals surface area (Å²) in [4.78, 5) is 0. The van der Waals surface area contributed by atoms with Crippen LogP contribution in [0.3, 0.4) is 0 Å². The monoisotopic (exact) mass is 323 g/mol. The zero-order valence-electron chi connectivity index (χ0n) is 10.7. The molecule has 1 nitrogen and oxygen atoms in total. The van der Waals surface area contributed by atoms with Gasteiger partial charge >= 0.3 is 6.18 Å². The van der Waals surface area contributed by atoms with Crippen LogP contribution in [-0.4, -0.2) is 5.54 Å². The first kappa shape index (κ1) is 15.3. The molecule has 1 rings (SSSR count). The van der Waals surface area contributed by atoms with Crippen molar-refractivity contribution in [2.75, 3.05) is 5.32 Å². The van der Waals surface area contributed by atoms with Gasteiger partial charge in [0.2, 0.25) is 0 Å².